The van der Waals surface area contributed by atoms with E-state index in [1.807, 2.05) is 0 Å². The molecule has 0 amide bonds. The maximum Gasteiger partial charge on any atom is 0.0638 e. The average molecular weight is 175 g/mol. The molecule has 0 spiro atoms. The molecule has 2 heterocycles. The van der Waals surface area contributed by atoms with Crippen LogP contribution < -0.4 is 4.90 Å². The predicted octanol–water partition coefficient (Wildman–Crippen LogP) is 0.966. The van der Waals surface area contributed by atoms with Gasteiger partial charge in [0.2, 0.25) is 0 Å². The number of nitrogens with zero attached hydrogens (tertiary/aromatic N) is 1. The van der Waals surface area contributed by atoms with Crippen molar-refractivity contribution in [3.63, 3.8) is 0 Å². The van der Waals surface area contributed by atoms with Gasteiger partial charge in [0.1, 0.15) is 0 Å². The standard InChI is InChI=1S/C11H13NO/c13-7-10-6-9-3-1-2-8-4-5-12(10)11(8)9/h1-3,10,13H,4-7H2. The number of hydrogen-bond donors (Lipinski definition) is 1. The van der Waals surface area contributed by atoms with Crippen LogP contribution in [0.25, 0.3) is 0 Å². The van der Waals surface area contributed by atoms with Crippen LogP contribution in [0.3, 0.4) is 0 Å². The Labute approximate surface area is 77.8 Å². The van der Waals surface area contributed by atoms with E-state index in [1.165, 1.54) is 16.8 Å². The molecule has 3 rings (SSSR count). The van der Waals surface area contributed by atoms with E-state index in [1.54, 1.807) is 0 Å². The van der Waals surface area contributed by atoms with Gasteiger partial charge in [0.05, 0.1) is 12.6 Å². The first kappa shape index (κ1) is 7.39. The number of rotatable bonds is 1. The minimum atomic E-state index is 0.286. The van der Waals surface area contributed by atoms with E-state index in [9.17, 15) is 5.11 Å². The van der Waals surface area contributed by atoms with Crippen LogP contribution in [0.4, 0.5) is 5.69 Å². The lowest BCUT2D eigenvalue weighted by Crippen LogP contribution is -2.33. The molecule has 1 aromatic carbocycles. The van der Waals surface area contributed by atoms with Gasteiger partial charge in [-0.05, 0) is 24.0 Å². The molecular weight excluding hydrogens is 162 g/mol. The molecule has 0 bridgehead atoms. The van der Waals surface area contributed by atoms with Crippen molar-refractivity contribution in [2.75, 3.05) is 18.1 Å². The van der Waals surface area contributed by atoms with E-state index in [0.29, 0.717) is 6.04 Å². The number of benzene rings is 1. The van der Waals surface area contributed by atoms with Crippen molar-refractivity contribution in [1.29, 1.82) is 0 Å². The third kappa shape index (κ3) is 0.866. The average Bonchev–Trinajstić information content (AvgIpc) is 2.73. The third-order valence-electron chi connectivity index (χ3n) is 3.22. The molecule has 0 radical (unpaired) electrons. The fourth-order valence-electron chi connectivity index (χ4n) is 2.62. The summed E-state index contributed by atoms with van der Waals surface area (Å²) in [7, 11) is 0. The molecule has 0 saturated heterocycles. The highest BCUT2D eigenvalue weighted by Gasteiger charge is 2.33. The second kappa shape index (κ2) is 2.48. The van der Waals surface area contributed by atoms with Crippen molar-refractivity contribution < 1.29 is 5.11 Å². The second-order valence-electron chi connectivity index (χ2n) is 3.91. The van der Waals surface area contributed by atoms with Gasteiger partial charge in [0.15, 0.2) is 0 Å². The van der Waals surface area contributed by atoms with E-state index in [-0.39, 0.29) is 6.61 Å². The Hall–Kier alpha value is -1.02. The lowest BCUT2D eigenvalue weighted by Gasteiger charge is -2.20. The van der Waals surface area contributed by atoms with Crippen LogP contribution in [0.1, 0.15) is 11.1 Å². The lowest BCUT2D eigenvalue weighted by molar-refractivity contribution is 0.264. The van der Waals surface area contributed by atoms with Crippen LogP contribution in [-0.2, 0) is 12.8 Å². The van der Waals surface area contributed by atoms with E-state index < -0.39 is 0 Å². The first-order chi connectivity index (χ1) is 6.40. The van der Waals surface area contributed by atoms with Gasteiger partial charge in [-0.15, -0.1) is 0 Å². The molecule has 68 valence electrons. The number of para-hydroxylation sites is 1. The zero-order chi connectivity index (χ0) is 8.84. The maximum absolute atomic E-state index is 9.22. The Morgan fingerprint density at radius 1 is 1.38 bits per heavy atom. The normalized spacial score (nSPS) is 23.8. The molecule has 2 aliphatic heterocycles. The van der Waals surface area contributed by atoms with Crippen LogP contribution >= 0.6 is 0 Å². The Bertz CT molecular complexity index is 348. The minimum Gasteiger partial charge on any atom is -0.394 e. The summed E-state index contributed by atoms with van der Waals surface area (Å²) < 4.78 is 0. The summed E-state index contributed by atoms with van der Waals surface area (Å²) in [5.41, 5.74) is 4.31. The molecule has 1 unspecified atom stereocenters. The lowest BCUT2D eigenvalue weighted by atomic mass is 10.1. The van der Waals surface area contributed by atoms with Crippen molar-refractivity contribution in [2.24, 2.45) is 0 Å². The summed E-state index contributed by atoms with van der Waals surface area (Å²) in [6.07, 6.45) is 2.18. The first-order valence-corrected chi connectivity index (χ1v) is 4.88. The Kier molecular flexibility index (Phi) is 1.41. The van der Waals surface area contributed by atoms with Crippen molar-refractivity contribution >= 4 is 5.69 Å². The van der Waals surface area contributed by atoms with Gasteiger partial charge < -0.3 is 10.0 Å². The summed E-state index contributed by atoms with van der Waals surface area (Å²) >= 11 is 0. The van der Waals surface area contributed by atoms with E-state index in [0.717, 1.165) is 19.4 Å². The van der Waals surface area contributed by atoms with Crippen LogP contribution in [0.2, 0.25) is 0 Å². The molecule has 0 fully saturated rings. The van der Waals surface area contributed by atoms with Crippen molar-refractivity contribution in [3.05, 3.63) is 29.3 Å². The molecule has 2 nitrogen and oxygen atoms in total. The Morgan fingerprint density at radius 3 is 3.08 bits per heavy atom. The van der Waals surface area contributed by atoms with Crippen LogP contribution in [0.5, 0.6) is 0 Å². The summed E-state index contributed by atoms with van der Waals surface area (Å²) in [5.74, 6) is 0. The molecule has 1 aromatic rings. The molecule has 0 saturated carbocycles. The van der Waals surface area contributed by atoms with Gasteiger partial charge in [0, 0.05) is 12.2 Å². The monoisotopic (exact) mass is 175 g/mol. The van der Waals surface area contributed by atoms with Crippen molar-refractivity contribution in [1.82, 2.24) is 0 Å². The number of hydrogen-bond acceptors (Lipinski definition) is 2. The Morgan fingerprint density at radius 2 is 2.23 bits per heavy atom. The molecule has 1 N–H and O–H groups in total. The van der Waals surface area contributed by atoms with Crippen molar-refractivity contribution in [3.8, 4) is 0 Å². The fourth-order valence-corrected chi connectivity index (χ4v) is 2.62. The molecule has 2 aliphatic rings. The van der Waals surface area contributed by atoms with Crippen LogP contribution in [-0.4, -0.2) is 24.3 Å². The van der Waals surface area contributed by atoms with Gasteiger partial charge >= 0.3 is 0 Å². The maximum atomic E-state index is 9.22. The number of anilines is 1. The third-order valence-corrected chi connectivity index (χ3v) is 3.22. The fraction of sp³-hybridized carbons (Fsp3) is 0.455. The highest BCUT2D eigenvalue weighted by atomic mass is 16.3. The summed E-state index contributed by atoms with van der Waals surface area (Å²) in [5, 5.41) is 9.22. The molecule has 0 aliphatic carbocycles. The highest BCUT2D eigenvalue weighted by Crippen LogP contribution is 2.39. The van der Waals surface area contributed by atoms with E-state index >= 15 is 0 Å². The predicted molar refractivity (Wildman–Crippen MR) is 52.1 cm³/mol. The SMILES string of the molecule is OCC1Cc2cccc3c2N1CC3. The van der Waals surface area contributed by atoms with E-state index in [2.05, 4.69) is 23.1 Å². The summed E-state index contributed by atoms with van der Waals surface area (Å²) in [6, 6.07) is 6.88. The molecule has 0 aromatic heterocycles. The van der Waals surface area contributed by atoms with Crippen molar-refractivity contribution in [2.45, 2.75) is 18.9 Å². The summed E-state index contributed by atoms with van der Waals surface area (Å²) in [4.78, 5) is 2.37. The zero-order valence-corrected chi connectivity index (χ0v) is 7.53. The van der Waals surface area contributed by atoms with Gasteiger partial charge in [-0.3, -0.25) is 0 Å². The second-order valence-corrected chi connectivity index (χ2v) is 3.91. The van der Waals surface area contributed by atoms with Crippen LogP contribution in [0.15, 0.2) is 18.2 Å². The molecular formula is C11H13NO. The van der Waals surface area contributed by atoms with Gasteiger partial charge in [-0.1, -0.05) is 18.2 Å². The van der Waals surface area contributed by atoms with E-state index in [4.69, 9.17) is 0 Å². The Balaban J connectivity index is 2.13. The topological polar surface area (TPSA) is 23.5 Å². The van der Waals surface area contributed by atoms with Gasteiger partial charge in [-0.25, -0.2) is 0 Å². The molecule has 2 heteroatoms. The largest absolute Gasteiger partial charge is 0.394 e. The molecule has 13 heavy (non-hydrogen) atoms. The number of aliphatic hydroxyl groups is 1. The first-order valence-electron chi connectivity index (χ1n) is 4.88. The smallest absolute Gasteiger partial charge is 0.0638 e. The summed E-state index contributed by atoms with van der Waals surface area (Å²) in [6.45, 7) is 1.38. The quantitative estimate of drug-likeness (QED) is 0.687. The minimum absolute atomic E-state index is 0.286. The van der Waals surface area contributed by atoms with Crippen LogP contribution in [0, 0.1) is 0 Å². The zero-order valence-electron chi connectivity index (χ0n) is 7.53. The van der Waals surface area contributed by atoms with Gasteiger partial charge in [-0.2, -0.15) is 0 Å². The number of aliphatic hydroxyl groups excluding tert-OH is 1. The highest BCUT2D eigenvalue weighted by molar-refractivity contribution is 5.67. The molecule has 1 atom stereocenters. The van der Waals surface area contributed by atoms with Gasteiger partial charge in [0.25, 0.3) is 0 Å².